The Morgan fingerprint density at radius 2 is 1.75 bits per heavy atom. The van der Waals surface area contributed by atoms with Crippen molar-refractivity contribution in [2.75, 3.05) is 24.2 Å². The second-order valence-corrected chi connectivity index (χ2v) is 7.64. The number of nitrogens with one attached hydrogen (secondary N) is 2. The zero-order valence-electron chi connectivity index (χ0n) is 21.5. The molecule has 4 aromatic rings. The molecule has 7 heteroatoms. The van der Waals surface area contributed by atoms with Crippen molar-refractivity contribution in [1.29, 1.82) is 0 Å². The number of rotatable bonds is 9. The number of hydrogen-bond donors (Lipinski definition) is 3. The van der Waals surface area contributed by atoms with Gasteiger partial charge in [0.15, 0.2) is 11.5 Å². The molecular weight excluding hydrogens is 451 g/mol. The third-order valence-corrected chi connectivity index (χ3v) is 5.50. The van der Waals surface area contributed by atoms with E-state index in [4.69, 9.17) is 4.98 Å². The molecular formula is C29H37FN6. The number of nitrogens with zero attached hydrogens (tertiary/aromatic N) is 3. The van der Waals surface area contributed by atoms with Crippen LogP contribution in [0.5, 0.6) is 0 Å². The van der Waals surface area contributed by atoms with Crippen LogP contribution in [-0.2, 0) is 6.42 Å². The Bertz CT molecular complexity index is 1250. The summed E-state index contributed by atoms with van der Waals surface area (Å²) in [6.45, 7) is 14.9. The number of halogens is 1. The van der Waals surface area contributed by atoms with Crippen LogP contribution in [0.4, 0.5) is 15.9 Å². The number of aromatic nitrogens is 3. The van der Waals surface area contributed by atoms with E-state index in [9.17, 15) is 4.39 Å². The van der Waals surface area contributed by atoms with Crippen LogP contribution in [0, 0.1) is 5.82 Å². The molecule has 2 aromatic heterocycles. The smallest absolute Gasteiger partial charge is 0.181 e. The fraction of sp³-hybridized carbons (Fsp3) is 0.241. The van der Waals surface area contributed by atoms with Crippen LogP contribution in [0.1, 0.15) is 32.3 Å². The van der Waals surface area contributed by atoms with Gasteiger partial charge < -0.3 is 16.4 Å². The van der Waals surface area contributed by atoms with Crippen LogP contribution in [-0.4, -0.2) is 28.0 Å². The maximum absolute atomic E-state index is 13.6. The van der Waals surface area contributed by atoms with E-state index in [0.29, 0.717) is 0 Å². The standard InChI is InChI=1S/C26H28FN5.C2H4.CH5N/c1-4-7-14-29-25-26-31-23(19-8-11-21(27)12-9-19)24(32(26)16-15-30-25)20-10-13-22(28-6-3)18(5-2)17-20;2*1-2/h6,8-13,15-17,28H,3-5,7,14H2,1-2H3,(H,29,30);1-2H2;2H2,1H3. The van der Waals surface area contributed by atoms with Crippen molar-refractivity contribution in [3.05, 3.63) is 92.2 Å². The first-order valence-corrected chi connectivity index (χ1v) is 12.1. The highest BCUT2D eigenvalue weighted by Gasteiger charge is 2.19. The Labute approximate surface area is 213 Å². The summed E-state index contributed by atoms with van der Waals surface area (Å²) >= 11 is 0. The molecule has 4 N–H and O–H groups in total. The summed E-state index contributed by atoms with van der Waals surface area (Å²) in [5.41, 5.74) is 11.1. The summed E-state index contributed by atoms with van der Waals surface area (Å²) in [5, 5.41) is 6.62. The zero-order chi connectivity index (χ0) is 26.5. The van der Waals surface area contributed by atoms with E-state index in [1.54, 1.807) is 24.5 Å². The number of unbranched alkanes of at least 4 members (excludes halogenated alkanes) is 1. The van der Waals surface area contributed by atoms with E-state index in [2.05, 4.69) is 77.5 Å². The fourth-order valence-corrected chi connectivity index (χ4v) is 3.85. The molecule has 0 radical (unpaired) electrons. The highest BCUT2D eigenvalue weighted by molar-refractivity contribution is 5.85. The van der Waals surface area contributed by atoms with E-state index >= 15 is 0 Å². The lowest BCUT2D eigenvalue weighted by atomic mass is 10.0. The number of fused-ring (bicyclic) bond motifs is 1. The second kappa shape index (κ2) is 14.4. The van der Waals surface area contributed by atoms with E-state index in [1.165, 1.54) is 24.7 Å². The molecule has 0 unspecified atom stereocenters. The van der Waals surface area contributed by atoms with Gasteiger partial charge in [0.25, 0.3) is 0 Å². The Hall–Kier alpha value is -3.97. The molecule has 0 spiro atoms. The molecule has 0 saturated carbocycles. The predicted molar refractivity (Wildman–Crippen MR) is 152 cm³/mol. The van der Waals surface area contributed by atoms with Crippen molar-refractivity contribution in [1.82, 2.24) is 14.4 Å². The first-order valence-electron chi connectivity index (χ1n) is 12.1. The van der Waals surface area contributed by atoms with E-state index in [-0.39, 0.29) is 5.82 Å². The number of anilines is 2. The molecule has 0 aliphatic heterocycles. The molecule has 2 heterocycles. The summed E-state index contributed by atoms with van der Waals surface area (Å²) in [7, 11) is 1.50. The minimum Gasteiger partial charge on any atom is -0.367 e. The maximum atomic E-state index is 13.6. The van der Waals surface area contributed by atoms with E-state index in [1.807, 2.05) is 6.20 Å². The molecule has 6 nitrogen and oxygen atoms in total. The molecule has 0 atom stereocenters. The third kappa shape index (κ3) is 6.37. The summed E-state index contributed by atoms with van der Waals surface area (Å²) < 4.78 is 15.7. The summed E-state index contributed by atoms with van der Waals surface area (Å²) in [6, 6.07) is 12.8. The van der Waals surface area contributed by atoms with Gasteiger partial charge in [-0.1, -0.05) is 32.9 Å². The molecule has 0 saturated heterocycles. The maximum Gasteiger partial charge on any atom is 0.181 e. The molecule has 4 rings (SSSR count). The molecule has 0 fully saturated rings. The van der Waals surface area contributed by atoms with Crippen LogP contribution >= 0.6 is 0 Å². The Balaban J connectivity index is 0.00000109. The molecule has 190 valence electrons. The van der Waals surface area contributed by atoms with Gasteiger partial charge >= 0.3 is 0 Å². The lowest BCUT2D eigenvalue weighted by molar-refractivity contribution is 0.628. The Kier molecular flexibility index (Phi) is 11.3. The molecule has 36 heavy (non-hydrogen) atoms. The first-order chi connectivity index (χ1) is 17.7. The van der Waals surface area contributed by atoms with Crippen molar-refractivity contribution in [2.24, 2.45) is 5.73 Å². The molecule has 0 aliphatic rings. The SMILES string of the molecule is C=C.C=CNc1ccc(-c2c(-c3ccc(F)cc3)nc3c(NCCCC)nccn23)cc1CC.CN. The van der Waals surface area contributed by atoms with Gasteiger partial charge in [0, 0.05) is 35.8 Å². The van der Waals surface area contributed by atoms with Crippen LogP contribution < -0.4 is 16.4 Å². The average molecular weight is 489 g/mol. The highest BCUT2D eigenvalue weighted by atomic mass is 19.1. The average Bonchev–Trinajstić information content (AvgIpc) is 3.32. The van der Waals surface area contributed by atoms with E-state index in [0.717, 1.165) is 65.5 Å². The van der Waals surface area contributed by atoms with Gasteiger partial charge in [-0.2, -0.15) is 0 Å². The van der Waals surface area contributed by atoms with Crippen molar-refractivity contribution < 1.29 is 4.39 Å². The van der Waals surface area contributed by atoms with Crippen molar-refractivity contribution >= 4 is 17.2 Å². The summed E-state index contributed by atoms with van der Waals surface area (Å²) in [5.74, 6) is 0.479. The van der Waals surface area contributed by atoms with Crippen LogP contribution in [0.15, 0.2) is 80.8 Å². The molecule has 2 aromatic carbocycles. The number of imidazole rings is 1. The fourth-order valence-electron chi connectivity index (χ4n) is 3.85. The van der Waals surface area contributed by atoms with Crippen molar-refractivity contribution in [2.45, 2.75) is 33.1 Å². The van der Waals surface area contributed by atoms with Crippen molar-refractivity contribution in [3.8, 4) is 22.5 Å². The number of aryl methyl sites for hydroxylation is 1. The first kappa shape index (κ1) is 28.3. The summed E-state index contributed by atoms with van der Waals surface area (Å²) in [6.07, 6.45) is 8.43. The van der Waals surface area contributed by atoms with Gasteiger partial charge in [-0.3, -0.25) is 4.40 Å². The Morgan fingerprint density at radius 1 is 1.06 bits per heavy atom. The lowest BCUT2D eigenvalue weighted by Gasteiger charge is -2.12. The minimum atomic E-state index is -0.268. The third-order valence-electron chi connectivity index (χ3n) is 5.50. The molecule has 0 aliphatic carbocycles. The van der Waals surface area contributed by atoms with Gasteiger partial charge in [0.05, 0.1) is 11.4 Å². The normalized spacial score (nSPS) is 10.0. The largest absolute Gasteiger partial charge is 0.367 e. The van der Waals surface area contributed by atoms with Gasteiger partial charge in [-0.15, -0.1) is 13.2 Å². The van der Waals surface area contributed by atoms with Crippen LogP contribution in [0.2, 0.25) is 0 Å². The van der Waals surface area contributed by atoms with Gasteiger partial charge in [-0.25, -0.2) is 14.4 Å². The number of hydrogen-bond acceptors (Lipinski definition) is 5. The monoisotopic (exact) mass is 488 g/mol. The topological polar surface area (TPSA) is 80.3 Å². The predicted octanol–water partition coefficient (Wildman–Crippen LogP) is 6.91. The zero-order valence-corrected chi connectivity index (χ0v) is 21.5. The number of benzene rings is 2. The highest BCUT2D eigenvalue weighted by Crippen LogP contribution is 2.36. The van der Waals surface area contributed by atoms with Gasteiger partial charge in [0.2, 0.25) is 0 Å². The van der Waals surface area contributed by atoms with Crippen molar-refractivity contribution in [3.63, 3.8) is 0 Å². The lowest BCUT2D eigenvalue weighted by Crippen LogP contribution is -2.05. The number of nitrogens with two attached hydrogens (primary N) is 1. The second-order valence-electron chi connectivity index (χ2n) is 7.64. The van der Waals surface area contributed by atoms with E-state index < -0.39 is 0 Å². The van der Waals surface area contributed by atoms with Gasteiger partial charge in [0.1, 0.15) is 5.82 Å². The van der Waals surface area contributed by atoms with Crippen LogP contribution in [0.25, 0.3) is 28.2 Å². The minimum absolute atomic E-state index is 0.268. The van der Waals surface area contributed by atoms with Crippen LogP contribution in [0.3, 0.4) is 0 Å². The molecule has 0 amide bonds. The summed E-state index contributed by atoms with van der Waals surface area (Å²) in [4.78, 5) is 9.50. The quantitative estimate of drug-likeness (QED) is 0.176. The Morgan fingerprint density at radius 3 is 2.39 bits per heavy atom. The molecule has 0 bridgehead atoms. The van der Waals surface area contributed by atoms with Gasteiger partial charge in [-0.05, 0) is 68.1 Å².